The molecule has 22 heavy (non-hydrogen) atoms. The molecule has 0 aliphatic heterocycles. The highest BCUT2D eigenvalue weighted by atomic mass is 19.1. The van der Waals surface area contributed by atoms with E-state index in [0.29, 0.717) is 6.07 Å². The van der Waals surface area contributed by atoms with Gasteiger partial charge in [0.15, 0.2) is 0 Å². The maximum absolute atomic E-state index is 13.5. The SMILES string of the molecule is CC(=O)N(CC(=O)Nc1ccc(F)cc1F)C1CCCCC1. The maximum Gasteiger partial charge on any atom is 0.244 e. The summed E-state index contributed by atoms with van der Waals surface area (Å²) in [4.78, 5) is 25.3. The van der Waals surface area contributed by atoms with Gasteiger partial charge in [-0.05, 0) is 25.0 Å². The Hall–Kier alpha value is -1.98. The molecule has 1 fully saturated rings. The molecule has 120 valence electrons. The third-order valence-corrected chi connectivity index (χ3v) is 3.94. The lowest BCUT2D eigenvalue weighted by atomic mass is 9.94. The molecule has 2 rings (SSSR count). The quantitative estimate of drug-likeness (QED) is 0.929. The van der Waals surface area contributed by atoms with Gasteiger partial charge < -0.3 is 10.2 Å². The van der Waals surface area contributed by atoms with E-state index in [9.17, 15) is 18.4 Å². The molecule has 0 saturated heterocycles. The van der Waals surface area contributed by atoms with Gasteiger partial charge in [-0.3, -0.25) is 9.59 Å². The normalized spacial score (nSPS) is 15.4. The van der Waals surface area contributed by atoms with E-state index in [4.69, 9.17) is 0 Å². The van der Waals surface area contributed by atoms with Crippen molar-refractivity contribution in [3.8, 4) is 0 Å². The maximum atomic E-state index is 13.5. The molecule has 1 saturated carbocycles. The third kappa shape index (κ3) is 4.26. The van der Waals surface area contributed by atoms with Gasteiger partial charge >= 0.3 is 0 Å². The van der Waals surface area contributed by atoms with E-state index >= 15 is 0 Å². The van der Waals surface area contributed by atoms with Crippen molar-refractivity contribution in [1.82, 2.24) is 4.90 Å². The summed E-state index contributed by atoms with van der Waals surface area (Å²) in [5.74, 6) is -2.18. The van der Waals surface area contributed by atoms with Gasteiger partial charge in [0.1, 0.15) is 18.2 Å². The lowest BCUT2D eigenvalue weighted by Gasteiger charge is -2.33. The molecule has 0 radical (unpaired) electrons. The summed E-state index contributed by atoms with van der Waals surface area (Å²) < 4.78 is 26.4. The number of anilines is 1. The van der Waals surface area contributed by atoms with Crippen LogP contribution in [0.4, 0.5) is 14.5 Å². The number of amides is 2. The second-order valence-corrected chi connectivity index (χ2v) is 5.61. The first-order valence-corrected chi connectivity index (χ1v) is 7.49. The van der Waals surface area contributed by atoms with Gasteiger partial charge in [0.05, 0.1) is 5.69 Å². The molecule has 1 aliphatic carbocycles. The number of halogens is 2. The van der Waals surface area contributed by atoms with Gasteiger partial charge in [-0.25, -0.2) is 8.78 Å². The van der Waals surface area contributed by atoms with Crippen LogP contribution in [0, 0.1) is 11.6 Å². The van der Waals surface area contributed by atoms with Gasteiger partial charge in [0.25, 0.3) is 0 Å². The molecule has 0 aromatic heterocycles. The fourth-order valence-corrected chi connectivity index (χ4v) is 2.83. The Bertz CT molecular complexity index is 557. The first kappa shape index (κ1) is 16.4. The average Bonchev–Trinajstić information content (AvgIpc) is 2.48. The van der Waals surface area contributed by atoms with E-state index in [1.165, 1.54) is 17.9 Å². The summed E-state index contributed by atoms with van der Waals surface area (Å²) in [7, 11) is 0. The van der Waals surface area contributed by atoms with Crippen LogP contribution in [0.5, 0.6) is 0 Å². The fraction of sp³-hybridized carbons (Fsp3) is 0.500. The zero-order valence-corrected chi connectivity index (χ0v) is 12.6. The fourth-order valence-electron chi connectivity index (χ4n) is 2.83. The Morgan fingerprint density at radius 1 is 1.23 bits per heavy atom. The lowest BCUT2D eigenvalue weighted by molar-refractivity contribution is -0.135. The predicted octanol–water partition coefficient (Wildman–Crippen LogP) is 3.08. The van der Waals surface area contributed by atoms with E-state index in [2.05, 4.69) is 5.32 Å². The Balaban J connectivity index is 2.00. The molecule has 1 aliphatic rings. The van der Waals surface area contributed by atoms with Crippen molar-refractivity contribution < 1.29 is 18.4 Å². The Morgan fingerprint density at radius 2 is 1.91 bits per heavy atom. The summed E-state index contributed by atoms with van der Waals surface area (Å²) in [5, 5.41) is 2.39. The zero-order chi connectivity index (χ0) is 16.1. The van der Waals surface area contributed by atoms with Crippen LogP contribution in [-0.4, -0.2) is 29.3 Å². The van der Waals surface area contributed by atoms with E-state index in [1.807, 2.05) is 0 Å². The highest BCUT2D eigenvalue weighted by Gasteiger charge is 2.25. The Kier molecular flexibility index (Phi) is 5.46. The van der Waals surface area contributed by atoms with Crippen LogP contribution in [0.25, 0.3) is 0 Å². The summed E-state index contributed by atoms with van der Waals surface area (Å²) in [6.07, 6.45) is 5.01. The van der Waals surface area contributed by atoms with Gasteiger partial charge in [0.2, 0.25) is 11.8 Å². The zero-order valence-electron chi connectivity index (χ0n) is 12.6. The summed E-state index contributed by atoms with van der Waals surface area (Å²) in [6, 6.07) is 3.01. The molecule has 4 nitrogen and oxygen atoms in total. The number of hydrogen-bond acceptors (Lipinski definition) is 2. The molecule has 0 unspecified atom stereocenters. The van der Waals surface area contributed by atoms with Crippen LogP contribution in [0.15, 0.2) is 18.2 Å². The van der Waals surface area contributed by atoms with Gasteiger partial charge in [-0.2, -0.15) is 0 Å². The van der Waals surface area contributed by atoms with E-state index in [0.717, 1.165) is 38.2 Å². The molecular formula is C16H20F2N2O2. The van der Waals surface area contributed by atoms with E-state index < -0.39 is 17.5 Å². The molecule has 1 aromatic rings. The topological polar surface area (TPSA) is 49.4 Å². The monoisotopic (exact) mass is 310 g/mol. The van der Waals surface area contributed by atoms with Crippen LogP contribution in [-0.2, 0) is 9.59 Å². The largest absolute Gasteiger partial charge is 0.331 e. The smallest absolute Gasteiger partial charge is 0.244 e. The number of carbonyl (C=O) groups is 2. The molecule has 1 N–H and O–H groups in total. The first-order valence-electron chi connectivity index (χ1n) is 7.49. The second-order valence-electron chi connectivity index (χ2n) is 5.61. The molecule has 0 bridgehead atoms. The van der Waals surface area contributed by atoms with Crippen LogP contribution in [0.1, 0.15) is 39.0 Å². The highest BCUT2D eigenvalue weighted by Crippen LogP contribution is 2.23. The van der Waals surface area contributed by atoms with Crippen molar-refractivity contribution in [3.05, 3.63) is 29.8 Å². The van der Waals surface area contributed by atoms with Crippen molar-refractivity contribution in [2.75, 3.05) is 11.9 Å². The first-order chi connectivity index (χ1) is 10.5. The number of rotatable bonds is 4. The summed E-state index contributed by atoms with van der Waals surface area (Å²) in [6.45, 7) is 1.32. The van der Waals surface area contributed by atoms with Crippen molar-refractivity contribution in [1.29, 1.82) is 0 Å². The van der Waals surface area contributed by atoms with Crippen LogP contribution in [0.3, 0.4) is 0 Å². The molecule has 0 atom stereocenters. The number of hydrogen-bond donors (Lipinski definition) is 1. The second kappa shape index (κ2) is 7.33. The average molecular weight is 310 g/mol. The predicted molar refractivity (Wildman–Crippen MR) is 79.2 cm³/mol. The lowest BCUT2D eigenvalue weighted by Crippen LogP contribution is -2.44. The Morgan fingerprint density at radius 3 is 2.50 bits per heavy atom. The molecule has 2 amide bonds. The Labute approximate surface area is 128 Å². The minimum Gasteiger partial charge on any atom is -0.331 e. The van der Waals surface area contributed by atoms with Crippen LogP contribution < -0.4 is 5.32 Å². The summed E-state index contributed by atoms with van der Waals surface area (Å²) >= 11 is 0. The number of carbonyl (C=O) groups excluding carboxylic acids is 2. The van der Waals surface area contributed by atoms with Gasteiger partial charge in [0, 0.05) is 19.0 Å². The number of nitrogens with one attached hydrogen (secondary N) is 1. The summed E-state index contributed by atoms with van der Waals surface area (Å²) in [5.41, 5.74) is -0.0847. The molecule has 6 heteroatoms. The van der Waals surface area contributed by atoms with Crippen LogP contribution in [0.2, 0.25) is 0 Å². The standard InChI is InChI=1S/C16H20F2N2O2/c1-11(21)20(13-5-3-2-4-6-13)10-16(22)19-15-8-7-12(17)9-14(15)18/h7-9,13H,2-6,10H2,1H3,(H,19,22). The minimum atomic E-state index is -0.833. The third-order valence-electron chi connectivity index (χ3n) is 3.94. The van der Waals surface area contributed by atoms with Crippen LogP contribution >= 0.6 is 0 Å². The van der Waals surface area contributed by atoms with Crippen molar-refractivity contribution in [3.63, 3.8) is 0 Å². The van der Waals surface area contributed by atoms with Gasteiger partial charge in [-0.1, -0.05) is 19.3 Å². The minimum absolute atomic E-state index is 0.0649. The van der Waals surface area contributed by atoms with Gasteiger partial charge in [-0.15, -0.1) is 0 Å². The van der Waals surface area contributed by atoms with E-state index in [1.54, 1.807) is 0 Å². The van der Waals surface area contributed by atoms with E-state index in [-0.39, 0.29) is 24.2 Å². The number of nitrogens with zero attached hydrogens (tertiary/aromatic N) is 1. The molecule has 1 aromatic carbocycles. The van der Waals surface area contributed by atoms with Crippen molar-refractivity contribution in [2.45, 2.75) is 45.1 Å². The van der Waals surface area contributed by atoms with Crippen molar-refractivity contribution >= 4 is 17.5 Å². The molecular weight excluding hydrogens is 290 g/mol. The number of benzene rings is 1. The van der Waals surface area contributed by atoms with Crippen molar-refractivity contribution in [2.24, 2.45) is 0 Å². The molecule has 0 heterocycles. The molecule has 0 spiro atoms. The highest BCUT2D eigenvalue weighted by molar-refractivity contribution is 5.94.